The Labute approximate surface area is 109 Å². The van der Waals surface area contributed by atoms with E-state index in [0.29, 0.717) is 12.5 Å². The Balaban J connectivity index is 2.02. The van der Waals surface area contributed by atoms with Crippen LogP contribution in [0.1, 0.15) is 36.8 Å². The molecule has 0 aromatic heterocycles. The number of carbonyl (C=O) groups is 1. The Morgan fingerprint density at radius 3 is 2.78 bits per heavy atom. The lowest BCUT2D eigenvalue weighted by atomic mass is 9.86. The first-order valence-electron chi connectivity index (χ1n) is 6.78. The molecule has 18 heavy (non-hydrogen) atoms. The van der Waals surface area contributed by atoms with Gasteiger partial charge in [-0.3, -0.25) is 4.79 Å². The number of hydrogen-bond acceptors (Lipinski definition) is 2. The largest absolute Gasteiger partial charge is 0.355 e. The van der Waals surface area contributed by atoms with Crippen molar-refractivity contribution in [3.05, 3.63) is 35.4 Å². The van der Waals surface area contributed by atoms with Gasteiger partial charge >= 0.3 is 0 Å². The molecule has 0 bridgehead atoms. The number of benzene rings is 1. The van der Waals surface area contributed by atoms with Gasteiger partial charge in [0.1, 0.15) is 0 Å². The molecule has 2 N–H and O–H groups in total. The monoisotopic (exact) mass is 246 g/mol. The highest BCUT2D eigenvalue weighted by Crippen LogP contribution is 2.27. The molecule has 0 radical (unpaired) electrons. The van der Waals surface area contributed by atoms with Crippen LogP contribution in [0.5, 0.6) is 0 Å². The minimum atomic E-state index is -0.0370. The van der Waals surface area contributed by atoms with Gasteiger partial charge in [0.2, 0.25) is 5.91 Å². The van der Waals surface area contributed by atoms with E-state index in [4.69, 9.17) is 0 Å². The van der Waals surface area contributed by atoms with Crippen LogP contribution in [-0.2, 0) is 4.79 Å². The molecule has 2 unspecified atom stereocenters. The fourth-order valence-corrected chi connectivity index (χ4v) is 2.56. The SMILES string of the molecule is CCNC(=O)C1CC(c2ccc(C)cc2)CCN1. The van der Waals surface area contributed by atoms with E-state index >= 15 is 0 Å². The molecule has 1 saturated heterocycles. The van der Waals surface area contributed by atoms with Crippen molar-refractivity contribution in [1.29, 1.82) is 0 Å². The van der Waals surface area contributed by atoms with Crippen molar-refractivity contribution in [2.45, 2.75) is 38.6 Å². The van der Waals surface area contributed by atoms with Gasteiger partial charge in [-0.05, 0) is 44.7 Å². The van der Waals surface area contributed by atoms with E-state index in [1.165, 1.54) is 11.1 Å². The van der Waals surface area contributed by atoms with Crippen molar-refractivity contribution < 1.29 is 4.79 Å². The number of rotatable bonds is 3. The third-order valence-corrected chi connectivity index (χ3v) is 3.62. The third-order valence-electron chi connectivity index (χ3n) is 3.62. The molecule has 2 rings (SSSR count). The quantitative estimate of drug-likeness (QED) is 0.856. The fourth-order valence-electron chi connectivity index (χ4n) is 2.56. The van der Waals surface area contributed by atoms with Gasteiger partial charge in [-0.15, -0.1) is 0 Å². The van der Waals surface area contributed by atoms with E-state index in [0.717, 1.165) is 19.4 Å². The second-order valence-electron chi connectivity index (χ2n) is 5.03. The van der Waals surface area contributed by atoms with Crippen LogP contribution in [0.4, 0.5) is 0 Å². The zero-order valence-electron chi connectivity index (χ0n) is 11.2. The number of nitrogens with one attached hydrogen (secondary N) is 2. The predicted octanol–water partition coefficient (Wildman–Crippen LogP) is 1.97. The van der Waals surface area contributed by atoms with E-state index < -0.39 is 0 Å². The second-order valence-corrected chi connectivity index (χ2v) is 5.03. The summed E-state index contributed by atoms with van der Waals surface area (Å²) in [5.74, 6) is 0.633. The van der Waals surface area contributed by atoms with Crippen molar-refractivity contribution in [3.63, 3.8) is 0 Å². The van der Waals surface area contributed by atoms with Gasteiger partial charge in [-0.25, -0.2) is 0 Å². The first-order chi connectivity index (χ1) is 8.70. The van der Waals surface area contributed by atoms with Gasteiger partial charge in [0.05, 0.1) is 6.04 Å². The number of hydrogen-bond donors (Lipinski definition) is 2. The van der Waals surface area contributed by atoms with Crippen molar-refractivity contribution in [3.8, 4) is 0 Å². The Kier molecular flexibility index (Phi) is 4.37. The summed E-state index contributed by atoms with van der Waals surface area (Å²) in [6.45, 7) is 5.68. The average Bonchev–Trinajstić information content (AvgIpc) is 2.40. The van der Waals surface area contributed by atoms with Crippen LogP contribution in [0, 0.1) is 6.92 Å². The fraction of sp³-hybridized carbons (Fsp3) is 0.533. The maximum absolute atomic E-state index is 11.9. The molecule has 0 saturated carbocycles. The highest BCUT2D eigenvalue weighted by Gasteiger charge is 2.27. The van der Waals surface area contributed by atoms with E-state index in [-0.39, 0.29) is 11.9 Å². The molecule has 1 fully saturated rings. The van der Waals surface area contributed by atoms with Crippen molar-refractivity contribution in [2.24, 2.45) is 0 Å². The molecule has 1 aromatic rings. The molecule has 3 heteroatoms. The van der Waals surface area contributed by atoms with Crippen LogP contribution in [0.3, 0.4) is 0 Å². The second kappa shape index (κ2) is 6.01. The third kappa shape index (κ3) is 3.10. The predicted molar refractivity (Wildman–Crippen MR) is 73.6 cm³/mol. The van der Waals surface area contributed by atoms with Gasteiger partial charge in [-0.1, -0.05) is 29.8 Å². The molecule has 1 aliphatic heterocycles. The lowest BCUT2D eigenvalue weighted by Gasteiger charge is -2.29. The number of likely N-dealkylation sites (N-methyl/N-ethyl adjacent to an activating group) is 1. The zero-order chi connectivity index (χ0) is 13.0. The van der Waals surface area contributed by atoms with Gasteiger partial charge in [0.25, 0.3) is 0 Å². The van der Waals surface area contributed by atoms with E-state index in [1.54, 1.807) is 0 Å². The van der Waals surface area contributed by atoms with Crippen LogP contribution in [-0.4, -0.2) is 25.0 Å². The molecule has 1 heterocycles. The highest BCUT2D eigenvalue weighted by molar-refractivity contribution is 5.81. The summed E-state index contributed by atoms with van der Waals surface area (Å²) in [6.07, 6.45) is 2.01. The van der Waals surface area contributed by atoms with Crippen molar-refractivity contribution in [1.82, 2.24) is 10.6 Å². The Morgan fingerprint density at radius 1 is 1.39 bits per heavy atom. The standard InChI is InChI=1S/C15H22N2O/c1-3-16-15(18)14-10-13(8-9-17-14)12-6-4-11(2)5-7-12/h4-7,13-14,17H,3,8-10H2,1-2H3,(H,16,18). The summed E-state index contributed by atoms with van der Waals surface area (Å²) < 4.78 is 0. The first-order valence-corrected chi connectivity index (χ1v) is 6.78. The Hall–Kier alpha value is -1.35. The summed E-state index contributed by atoms with van der Waals surface area (Å²) in [7, 11) is 0. The van der Waals surface area contributed by atoms with Crippen LogP contribution in [0.15, 0.2) is 24.3 Å². The molecule has 0 aliphatic carbocycles. The van der Waals surface area contributed by atoms with Crippen LogP contribution < -0.4 is 10.6 Å². The van der Waals surface area contributed by atoms with E-state index in [2.05, 4.69) is 41.8 Å². The number of carbonyl (C=O) groups excluding carboxylic acids is 1. The molecule has 1 aromatic carbocycles. The minimum absolute atomic E-state index is 0.0370. The van der Waals surface area contributed by atoms with Gasteiger partial charge in [0, 0.05) is 6.54 Å². The normalized spacial score (nSPS) is 23.7. The maximum atomic E-state index is 11.9. The summed E-state index contributed by atoms with van der Waals surface area (Å²) in [4.78, 5) is 11.9. The summed E-state index contributed by atoms with van der Waals surface area (Å²) in [5.41, 5.74) is 2.64. The molecule has 98 valence electrons. The van der Waals surface area contributed by atoms with Crippen LogP contribution in [0.2, 0.25) is 0 Å². The highest BCUT2D eigenvalue weighted by atomic mass is 16.2. The molecule has 1 aliphatic rings. The van der Waals surface area contributed by atoms with Crippen LogP contribution in [0.25, 0.3) is 0 Å². The average molecular weight is 246 g/mol. The molecule has 0 spiro atoms. The topological polar surface area (TPSA) is 41.1 Å². The molecule has 2 atom stereocenters. The number of piperidine rings is 1. The lowest BCUT2D eigenvalue weighted by Crippen LogP contribution is -2.48. The van der Waals surface area contributed by atoms with Gasteiger partial charge in [0.15, 0.2) is 0 Å². The minimum Gasteiger partial charge on any atom is -0.355 e. The molecule has 1 amide bonds. The maximum Gasteiger partial charge on any atom is 0.237 e. The Bertz CT molecular complexity index is 399. The number of aryl methyl sites for hydroxylation is 1. The molecular weight excluding hydrogens is 224 g/mol. The number of amides is 1. The summed E-state index contributed by atoms with van der Waals surface area (Å²) >= 11 is 0. The Morgan fingerprint density at radius 2 is 2.11 bits per heavy atom. The summed E-state index contributed by atoms with van der Waals surface area (Å²) in [6, 6.07) is 8.65. The first kappa shape index (κ1) is 13.1. The smallest absolute Gasteiger partial charge is 0.237 e. The summed E-state index contributed by atoms with van der Waals surface area (Å²) in [5, 5.41) is 6.20. The van der Waals surface area contributed by atoms with E-state index in [9.17, 15) is 4.79 Å². The zero-order valence-corrected chi connectivity index (χ0v) is 11.2. The van der Waals surface area contributed by atoms with Gasteiger partial charge in [-0.2, -0.15) is 0 Å². The van der Waals surface area contributed by atoms with Crippen LogP contribution >= 0.6 is 0 Å². The lowest BCUT2D eigenvalue weighted by molar-refractivity contribution is -0.123. The van der Waals surface area contributed by atoms with E-state index in [1.807, 2.05) is 6.92 Å². The van der Waals surface area contributed by atoms with Gasteiger partial charge < -0.3 is 10.6 Å². The van der Waals surface area contributed by atoms with Crippen molar-refractivity contribution in [2.75, 3.05) is 13.1 Å². The van der Waals surface area contributed by atoms with Crippen molar-refractivity contribution >= 4 is 5.91 Å². The molecular formula is C15H22N2O. The molecule has 3 nitrogen and oxygen atoms in total.